The largest absolute Gasteiger partial charge is 0.303 e. The van der Waals surface area contributed by atoms with Crippen LogP contribution >= 0.6 is 0 Å². The van der Waals surface area contributed by atoms with E-state index < -0.39 is 0 Å². The summed E-state index contributed by atoms with van der Waals surface area (Å²) in [6.45, 7) is 0. The number of carbonyl (C=O) groups is 3. The van der Waals surface area contributed by atoms with Crippen molar-refractivity contribution in [1.29, 1.82) is 0 Å². The molecule has 3 heteroatoms. The van der Waals surface area contributed by atoms with Crippen LogP contribution in [-0.2, 0) is 14.4 Å². The van der Waals surface area contributed by atoms with Crippen molar-refractivity contribution in [2.75, 3.05) is 0 Å². The minimum atomic E-state index is -0.343. The summed E-state index contributed by atoms with van der Waals surface area (Å²) in [5.74, 6) is -0.663. The maximum Gasteiger partial charge on any atom is 0.134 e. The molecule has 1 aliphatic rings. The third kappa shape index (κ3) is 1.12. The van der Waals surface area contributed by atoms with E-state index in [2.05, 4.69) is 0 Å². The molecule has 10 heavy (non-hydrogen) atoms. The Labute approximate surface area is 58.4 Å². The van der Waals surface area contributed by atoms with Gasteiger partial charge in [-0.05, 0) is 0 Å². The van der Waals surface area contributed by atoms with E-state index in [1.54, 1.807) is 0 Å². The highest BCUT2D eigenvalue weighted by Gasteiger charge is 2.31. The van der Waals surface area contributed by atoms with Crippen LogP contribution in [0.2, 0.25) is 0 Å². The van der Waals surface area contributed by atoms with E-state index in [1.807, 2.05) is 0 Å². The van der Waals surface area contributed by atoms with Gasteiger partial charge in [-0.2, -0.15) is 0 Å². The Balaban J connectivity index is 2.65. The molecule has 1 saturated carbocycles. The van der Waals surface area contributed by atoms with Crippen LogP contribution in [0.25, 0.3) is 0 Å². The number of ketones is 1. The molecule has 0 amide bonds. The van der Waals surface area contributed by atoms with E-state index in [9.17, 15) is 14.4 Å². The molecule has 54 valence electrons. The van der Waals surface area contributed by atoms with E-state index in [0.29, 0.717) is 12.6 Å². The molecular weight excluding hydrogens is 132 g/mol. The smallest absolute Gasteiger partial charge is 0.134 e. The zero-order valence-corrected chi connectivity index (χ0v) is 5.45. The lowest BCUT2D eigenvalue weighted by Gasteiger charge is -2.01. The normalized spacial score (nSPS) is 32.2. The minimum Gasteiger partial charge on any atom is -0.303 e. The van der Waals surface area contributed by atoms with Gasteiger partial charge in [0.25, 0.3) is 0 Å². The van der Waals surface area contributed by atoms with Gasteiger partial charge >= 0.3 is 0 Å². The van der Waals surface area contributed by atoms with Crippen LogP contribution in [0.3, 0.4) is 0 Å². The Morgan fingerprint density at radius 1 is 1.10 bits per heavy atom. The topological polar surface area (TPSA) is 51.2 Å². The third-order valence-corrected chi connectivity index (χ3v) is 1.83. The van der Waals surface area contributed by atoms with Gasteiger partial charge in [0.15, 0.2) is 0 Å². The summed E-state index contributed by atoms with van der Waals surface area (Å²) in [4.78, 5) is 31.1. The van der Waals surface area contributed by atoms with Crippen LogP contribution in [0.5, 0.6) is 0 Å². The molecule has 0 saturated heterocycles. The van der Waals surface area contributed by atoms with Gasteiger partial charge in [-0.15, -0.1) is 0 Å². The molecule has 0 unspecified atom stereocenters. The Hall–Kier alpha value is -0.990. The fraction of sp³-hybridized carbons (Fsp3) is 0.571. The minimum absolute atomic E-state index is 0.0224. The highest BCUT2D eigenvalue weighted by atomic mass is 16.1. The molecule has 1 aliphatic carbocycles. The summed E-state index contributed by atoms with van der Waals surface area (Å²) >= 11 is 0. The van der Waals surface area contributed by atoms with Crippen molar-refractivity contribution in [2.24, 2.45) is 11.8 Å². The monoisotopic (exact) mass is 140 g/mol. The van der Waals surface area contributed by atoms with Crippen LogP contribution in [0.15, 0.2) is 0 Å². The molecule has 0 spiro atoms. The summed E-state index contributed by atoms with van der Waals surface area (Å²) in [5, 5.41) is 0. The van der Waals surface area contributed by atoms with E-state index >= 15 is 0 Å². The number of hydrogen-bond donors (Lipinski definition) is 0. The first kappa shape index (κ1) is 7.12. The maximum absolute atomic E-state index is 10.7. The number of carbonyl (C=O) groups excluding carboxylic acids is 3. The van der Waals surface area contributed by atoms with Gasteiger partial charge in [-0.3, -0.25) is 4.79 Å². The average molecular weight is 140 g/mol. The number of aldehydes is 2. The van der Waals surface area contributed by atoms with Gasteiger partial charge in [0, 0.05) is 24.7 Å². The summed E-state index contributed by atoms with van der Waals surface area (Å²) in [6.07, 6.45) is 1.91. The van der Waals surface area contributed by atoms with Gasteiger partial charge in [0.1, 0.15) is 18.4 Å². The van der Waals surface area contributed by atoms with Crippen LogP contribution in [-0.4, -0.2) is 18.4 Å². The standard InChI is InChI=1S/C7H8O3/c8-3-5-1-7(10)2-6(5)4-9/h3-6H,1-2H2/t5-,6-/m1/s1. The van der Waals surface area contributed by atoms with Crippen molar-refractivity contribution in [1.82, 2.24) is 0 Å². The zero-order valence-electron chi connectivity index (χ0n) is 5.45. The molecule has 0 aliphatic heterocycles. The van der Waals surface area contributed by atoms with Crippen molar-refractivity contribution in [3.8, 4) is 0 Å². The SMILES string of the molecule is O=C[C@H]1CC(=O)C[C@@H]1C=O. The number of hydrogen-bond acceptors (Lipinski definition) is 3. The van der Waals surface area contributed by atoms with Gasteiger partial charge in [-0.25, -0.2) is 0 Å². The molecule has 0 N–H and O–H groups in total. The maximum atomic E-state index is 10.7. The molecule has 0 aromatic heterocycles. The van der Waals surface area contributed by atoms with Crippen LogP contribution in [0.4, 0.5) is 0 Å². The number of rotatable bonds is 2. The lowest BCUT2D eigenvalue weighted by Crippen LogP contribution is -2.09. The lowest BCUT2D eigenvalue weighted by molar-refractivity contribution is -0.119. The quantitative estimate of drug-likeness (QED) is 0.506. The Kier molecular flexibility index (Phi) is 1.94. The molecule has 1 rings (SSSR count). The fourth-order valence-corrected chi connectivity index (χ4v) is 1.21. The molecule has 0 radical (unpaired) electrons. The highest BCUT2D eigenvalue weighted by molar-refractivity contribution is 5.89. The van der Waals surface area contributed by atoms with Crippen molar-refractivity contribution < 1.29 is 14.4 Å². The predicted molar refractivity (Wildman–Crippen MR) is 33.3 cm³/mol. The lowest BCUT2D eigenvalue weighted by atomic mass is 10.00. The summed E-state index contributed by atoms with van der Waals surface area (Å²) < 4.78 is 0. The average Bonchev–Trinajstić information content (AvgIpc) is 2.30. The van der Waals surface area contributed by atoms with Crippen LogP contribution in [0, 0.1) is 11.8 Å². The van der Waals surface area contributed by atoms with Crippen molar-refractivity contribution in [3.63, 3.8) is 0 Å². The zero-order chi connectivity index (χ0) is 7.56. The molecule has 3 nitrogen and oxygen atoms in total. The summed E-state index contributed by atoms with van der Waals surface area (Å²) in [7, 11) is 0. The van der Waals surface area contributed by atoms with E-state index in [0.717, 1.165) is 0 Å². The highest BCUT2D eigenvalue weighted by Crippen LogP contribution is 2.25. The Morgan fingerprint density at radius 3 is 1.80 bits per heavy atom. The van der Waals surface area contributed by atoms with Gasteiger partial charge in [-0.1, -0.05) is 0 Å². The molecule has 0 heterocycles. The molecule has 2 atom stereocenters. The second-order valence-electron chi connectivity index (χ2n) is 2.55. The predicted octanol–water partition coefficient (Wildman–Crippen LogP) is -0.0205. The van der Waals surface area contributed by atoms with Crippen LogP contribution in [0.1, 0.15) is 12.8 Å². The summed E-state index contributed by atoms with van der Waals surface area (Å²) in [5.41, 5.74) is 0. The molecule has 1 fully saturated rings. The first-order valence-corrected chi connectivity index (χ1v) is 3.20. The summed E-state index contributed by atoms with van der Waals surface area (Å²) in [6, 6.07) is 0. The van der Waals surface area contributed by atoms with Gasteiger partial charge in [0.2, 0.25) is 0 Å². The first-order chi connectivity index (χ1) is 4.77. The second-order valence-corrected chi connectivity index (χ2v) is 2.55. The molecular formula is C7H8O3. The van der Waals surface area contributed by atoms with Crippen molar-refractivity contribution in [3.05, 3.63) is 0 Å². The first-order valence-electron chi connectivity index (χ1n) is 3.20. The molecule has 0 aromatic rings. The van der Waals surface area contributed by atoms with E-state index in [4.69, 9.17) is 0 Å². The van der Waals surface area contributed by atoms with E-state index in [1.165, 1.54) is 0 Å². The third-order valence-electron chi connectivity index (χ3n) is 1.83. The Bertz CT molecular complexity index is 156. The van der Waals surface area contributed by atoms with E-state index in [-0.39, 0.29) is 30.5 Å². The van der Waals surface area contributed by atoms with Crippen LogP contribution < -0.4 is 0 Å². The second kappa shape index (κ2) is 2.73. The van der Waals surface area contributed by atoms with Gasteiger partial charge < -0.3 is 9.59 Å². The number of Topliss-reactive ketones (excluding diaryl/α,β-unsaturated/α-hetero) is 1. The Morgan fingerprint density at radius 2 is 1.50 bits per heavy atom. The fourth-order valence-electron chi connectivity index (χ4n) is 1.21. The molecule has 0 aromatic carbocycles. The van der Waals surface area contributed by atoms with Crippen molar-refractivity contribution >= 4 is 18.4 Å². The molecule has 0 bridgehead atoms. The van der Waals surface area contributed by atoms with Crippen molar-refractivity contribution in [2.45, 2.75) is 12.8 Å². The van der Waals surface area contributed by atoms with Gasteiger partial charge in [0.05, 0.1) is 0 Å².